The number of hydrogen-bond acceptors (Lipinski definition) is 4. The van der Waals surface area contributed by atoms with E-state index in [1.165, 1.54) is 0 Å². The van der Waals surface area contributed by atoms with E-state index in [4.69, 9.17) is 10.8 Å². The maximum atomic E-state index is 12.3. The Hall–Kier alpha value is -1.11. The summed E-state index contributed by atoms with van der Waals surface area (Å²) < 4.78 is 27.2. The largest absolute Gasteiger partial charge is 0.399 e. The second kappa shape index (κ2) is 5.48. The highest BCUT2D eigenvalue weighted by atomic mass is 32.2. The molecule has 19 heavy (non-hydrogen) atoms. The third-order valence-corrected chi connectivity index (χ3v) is 4.63. The first-order chi connectivity index (χ1) is 8.59. The second-order valence-corrected chi connectivity index (χ2v) is 7.33. The minimum Gasteiger partial charge on any atom is -0.399 e. The average molecular weight is 286 g/mol. The zero-order valence-corrected chi connectivity index (χ0v) is 12.6. The lowest BCUT2D eigenvalue weighted by atomic mass is 9.96. The summed E-state index contributed by atoms with van der Waals surface area (Å²) in [7, 11) is -3.60. The van der Waals surface area contributed by atoms with Gasteiger partial charge in [0.15, 0.2) is 0 Å². The monoisotopic (exact) mass is 286 g/mol. The van der Waals surface area contributed by atoms with Gasteiger partial charge < -0.3 is 10.8 Å². The highest BCUT2D eigenvalue weighted by Gasteiger charge is 2.24. The fraction of sp³-hybridized carbons (Fsp3) is 0.538. The predicted octanol–water partition coefficient (Wildman–Crippen LogP) is 1.18. The van der Waals surface area contributed by atoms with Crippen LogP contribution in [0.2, 0.25) is 0 Å². The molecule has 0 fully saturated rings. The molecule has 1 aromatic carbocycles. The summed E-state index contributed by atoms with van der Waals surface area (Å²) in [4.78, 5) is 0.260. The molecule has 0 saturated heterocycles. The van der Waals surface area contributed by atoms with Crippen LogP contribution in [0.15, 0.2) is 17.0 Å². The van der Waals surface area contributed by atoms with Gasteiger partial charge in [0.2, 0.25) is 10.0 Å². The van der Waals surface area contributed by atoms with E-state index >= 15 is 0 Å². The molecule has 108 valence electrons. The summed E-state index contributed by atoms with van der Waals surface area (Å²) in [6, 6.07) is 3.28. The number of aliphatic hydroxyl groups excluding tert-OH is 1. The molecule has 0 unspecified atom stereocenters. The maximum Gasteiger partial charge on any atom is 0.241 e. The van der Waals surface area contributed by atoms with Gasteiger partial charge >= 0.3 is 0 Å². The Kier molecular flexibility index (Phi) is 4.60. The number of sulfonamides is 1. The van der Waals surface area contributed by atoms with E-state index in [-0.39, 0.29) is 18.0 Å². The molecular weight excluding hydrogens is 264 g/mol. The lowest BCUT2D eigenvalue weighted by Gasteiger charge is -2.22. The normalized spacial score (nSPS) is 12.7. The molecule has 1 aromatic rings. The standard InChI is InChI=1S/C13H22N2O3S/c1-9-5-11(14)6-10(2)12(9)19(17,18)15-7-13(3,4)8-16/h5-6,15-16H,7-8,14H2,1-4H3. The number of benzene rings is 1. The third-order valence-electron chi connectivity index (χ3n) is 2.92. The van der Waals surface area contributed by atoms with Crippen molar-refractivity contribution in [1.29, 1.82) is 0 Å². The second-order valence-electron chi connectivity index (χ2n) is 5.63. The molecule has 0 saturated carbocycles. The van der Waals surface area contributed by atoms with E-state index in [0.717, 1.165) is 0 Å². The quantitative estimate of drug-likeness (QED) is 0.709. The minimum atomic E-state index is -3.60. The van der Waals surface area contributed by atoms with Crippen molar-refractivity contribution in [2.75, 3.05) is 18.9 Å². The molecule has 0 aliphatic carbocycles. The first-order valence-corrected chi connectivity index (χ1v) is 7.55. The molecule has 0 aromatic heterocycles. The molecular formula is C13H22N2O3S. The number of aryl methyl sites for hydroxylation is 2. The van der Waals surface area contributed by atoms with Crippen LogP contribution in [0.1, 0.15) is 25.0 Å². The number of aliphatic hydroxyl groups is 1. The van der Waals surface area contributed by atoms with Crippen LogP contribution in [0.4, 0.5) is 5.69 Å². The molecule has 0 radical (unpaired) electrons. The molecule has 6 heteroatoms. The van der Waals surface area contributed by atoms with E-state index in [2.05, 4.69) is 4.72 Å². The van der Waals surface area contributed by atoms with Gasteiger partial charge in [-0.05, 0) is 37.1 Å². The van der Waals surface area contributed by atoms with Crippen molar-refractivity contribution in [1.82, 2.24) is 4.72 Å². The van der Waals surface area contributed by atoms with Crippen LogP contribution in [-0.2, 0) is 10.0 Å². The first kappa shape index (κ1) is 15.9. The summed E-state index contributed by atoms with van der Waals surface area (Å²) in [6.07, 6.45) is 0. The SMILES string of the molecule is Cc1cc(N)cc(C)c1S(=O)(=O)NCC(C)(C)CO. The Morgan fingerprint density at radius 1 is 1.26 bits per heavy atom. The van der Waals surface area contributed by atoms with Gasteiger partial charge in [-0.1, -0.05) is 13.8 Å². The minimum absolute atomic E-state index is 0.0881. The van der Waals surface area contributed by atoms with E-state index in [1.54, 1.807) is 39.8 Å². The van der Waals surface area contributed by atoms with Gasteiger partial charge in [-0.15, -0.1) is 0 Å². The lowest BCUT2D eigenvalue weighted by molar-refractivity contribution is 0.163. The molecule has 0 spiro atoms. The molecule has 0 aliphatic heterocycles. The van der Waals surface area contributed by atoms with Crippen molar-refractivity contribution < 1.29 is 13.5 Å². The number of nitrogens with one attached hydrogen (secondary N) is 1. The van der Waals surface area contributed by atoms with E-state index in [0.29, 0.717) is 16.8 Å². The number of hydrogen-bond donors (Lipinski definition) is 3. The van der Waals surface area contributed by atoms with Crippen molar-refractivity contribution in [3.8, 4) is 0 Å². The van der Waals surface area contributed by atoms with E-state index in [9.17, 15) is 8.42 Å². The van der Waals surface area contributed by atoms with Crippen LogP contribution in [0, 0.1) is 19.3 Å². The highest BCUT2D eigenvalue weighted by molar-refractivity contribution is 7.89. The van der Waals surface area contributed by atoms with Gasteiger partial charge in [-0.2, -0.15) is 0 Å². The van der Waals surface area contributed by atoms with Crippen molar-refractivity contribution in [2.45, 2.75) is 32.6 Å². The van der Waals surface area contributed by atoms with Gasteiger partial charge in [0, 0.05) is 24.3 Å². The first-order valence-electron chi connectivity index (χ1n) is 6.06. The van der Waals surface area contributed by atoms with Crippen LogP contribution in [-0.4, -0.2) is 26.7 Å². The van der Waals surface area contributed by atoms with E-state index in [1.807, 2.05) is 0 Å². The average Bonchev–Trinajstić information content (AvgIpc) is 2.25. The zero-order chi connectivity index (χ0) is 14.8. The van der Waals surface area contributed by atoms with Gasteiger partial charge in [0.1, 0.15) is 0 Å². The summed E-state index contributed by atoms with van der Waals surface area (Å²) >= 11 is 0. The fourth-order valence-electron chi connectivity index (χ4n) is 1.83. The fourth-order valence-corrected chi connectivity index (χ4v) is 3.52. The smallest absolute Gasteiger partial charge is 0.241 e. The van der Waals surface area contributed by atoms with E-state index < -0.39 is 15.4 Å². The molecule has 0 aliphatic rings. The van der Waals surface area contributed by atoms with Crippen LogP contribution in [0.25, 0.3) is 0 Å². The molecule has 1 rings (SSSR count). The Morgan fingerprint density at radius 2 is 1.74 bits per heavy atom. The number of nitrogens with two attached hydrogens (primary N) is 1. The number of nitrogen functional groups attached to an aromatic ring is 1. The van der Waals surface area contributed by atoms with Crippen LogP contribution in [0.5, 0.6) is 0 Å². The van der Waals surface area contributed by atoms with Crippen LogP contribution in [0.3, 0.4) is 0 Å². The Labute approximate surface area is 114 Å². The van der Waals surface area contributed by atoms with Crippen molar-refractivity contribution in [2.24, 2.45) is 5.41 Å². The lowest BCUT2D eigenvalue weighted by Crippen LogP contribution is -2.36. The van der Waals surface area contributed by atoms with Gasteiger partial charge in [-0.25, -0.2) is 13.1 Å². The predicted molar refractivity (Wildman–Crippen MR) is 76.4 cm³/mol. The highest BCUT2D eigenvalue weighted by Crippen LogP contribution is 2.23. The van der Waals surface area contributed by atoms with Crippen molar-refractivity contribution in [3.63, 3.8) is 0 Å². The summed E-state index contributed by atoms with van der Waals surface area (Å²) in [5, 5.41) is 9.16. The third kappa shape index (κ3) is 3.92. The summed E-state index contributed by atoms with van der Waals surface area (Å²) in [5.74, 6) is 0. The zero-order valence-electron chi connectivity index (χ0n) is 11.8. The Balaban J connectivity index is 3.09. The van der Waals surface area contributed by atoms with Crippen molar-refractivity contribution in [3.05, 3.63) is 23.3 Å². The molecule has 0 bridgehead atoms. The maximum absolute atomic E-state index is 12.3. The Morgan fingerprint density at radius 3 is 2.16 bits per heavy atom. The Bertz CT molecular complexity index is 542. The molecule has 0 heterocycles. The molecule has 0 atom stereocenters. The molecule has 0 amide bonds. The molecule has 5 nitrogen and oxygen atoms in total. The van der Waals surface area contributed by atoms with Gasteiger partial charge in [0.25, 0.3) is 0 Å². The molecule has 4 N–H and O–H groups in total. The van der Waals surface area contributed by atoms with Crippen LogP contribution >= 0.6 is 0 Å². The number of anilines is 1. The topological polar surface area (TPSA) is 92.4 Å². The van der Waals surface area contributed by atoms with Gasteiger partial charge in [0.05, 0.1) is 4.90 Å². The number of rotatable bonds is 5. The van der Waals surface area contributed by atoms with Gasteiger partial charge in [-0.3, -0.25) is 0 Å². The summed E-state index contributed by atoms with van der Waals surface area (Å²) in [5.41, 5.74) is 6.97. The van der Waals surface area contributed by atoms with Crippen molar-refractivity contribution >= 4 is 15.7 Å². The summed E-state index contributed by atoms with van der Waals surface area (Å²) in [6.45, 7) is 7.10. The van der Waals surface area contributed by atoms with Crippen LogP contribution < -0.4 is 10.5 Å².